The van der Waals surface area contributed by atoms with Gasteiger partial charge in [-0.15, -0.1) is 0 Å². The number of phenolic OH excluding ortho intramolecular Hbond substituents is 1. The molecule has 1 aliphatic rings. The first-order chi connectivity index (χ1) is 9.76. The molecular formula is C16H21NO4. The lowest BCUT2D eigenvalue weighted by atomic mass is 9.82. The summed E-state index contributed by atoms with van der Waals surface area (Å²) in [5.41, 5.74) is 1.35. The molecular weight excluding hydrogens is 270 g/mol. The van der Waals surface area contributed by atoms with Crippen LogP contribution in [0.3, 0.4) is 0 Å². The summed E-state index contributed by atoms with van der Waals surface area (Å²) in [7, 11) is 0. The molecule has 1 aliphatic heterocycles. The lowest BCUT2D eigenvalue weighted by molar-refractivity contribution is -0.141. The Morgan fingerprint density at radius 1 is 1.43 bits per heavy atom. The summed E-state index contributed by atoms with van der Waals surface area (Å²) in [4.78, 5) is 24.4. The van der Waals surface area contributed by atoms with Crippen LogP contribution in [-0.4, -0.2) is 28.6 Å². The normalized spacial score (nSPS) is 19.1. The van der Waals surface area contributed by atoms with Crippen molar-refractivity contribution in [1.29, 1.82) is 0 Å². The smallest absolute Gasteiger partial charge is 0.308 e. The number of carboxylic acid groups (broad SMARTS) is 1. The molecule has 1 heterocycles. The zero-order chi connectivity index (χ0) is 15.8. The number of amides is 1. The van der Waals surface area contributed by atoms with E-state index in [4.69, 9.17) is 5.11 Å². The molecule has 0 bridgehead atoms. The zero-order valence-electron chi connectivity index (χ0n) is 12.6. The van der Waals surface area contributed by atoms with Crippen molar-refractivity contribution in [2.24, 2.45) is 5.92 Å². The predicted molar refractivity (Wildman–Crippen MR) is 79.5 cm³/mol. The standard InChI is InChI=1S/C16H21NO4/c1-4-16(2,3)11-5-6-13(18)12(8-11)17-9-10(15(20)21)7-14(17)19/h5-6,8,10,18H,4,7,9H2,1-3H3,(H,20,21)/t10-/m1/s1. The molecule has 2 N–H and O–H groups in total. The van der Waals surface area contributed by atoms with E-state index in [1.54, 1.807) is 12.1 Å². The fourth-order valence-corrected chi connectivity index (χ4v) is 2.47. The van der Waals surface area contributed by atoms with Crippen LogP contribution in [0, 0.1) is 5.92 Å². The van der Waals surface area contributed by atoms with Gasteiger partial charge in [0.25, 0.3) is 0 Å². The number of aliphatic carboxylic acids is 1. The molecule has 1 aromatic rings. The van der Waals surface area contributed by atoms with Crippen molar-refractivity contribution in [2.75, 3.05) is 11.4 Å². The Balaban J connectivity index is 2.38. The maximum atomic E-state index is 12.0. The SMILES string of the molecule is CCC(C)(C)c1ccc(O)c(N2C[C@H](C(=O)O)CC2=O)c1. The summed E-state index contributed by atoms with van der Waals surface area (Å²) in [5.74, 6) is -1.94. The second kappa shape index (κ2) is 5.39. The average Bonchev–Trinajstić information content (AvgIpc) is 2.81. The highest BCUT2D eigenvalue weighted by Crippen LogP contribution is 2.37. The molecule has 0 radical (unpaired) electrons. The van der Waals surface area contributed by atoms with Gasteiger partial charge in [0.1, 0.15) is 5.75 Å². The zero-order valence-corrected chi connectivity index (χ0v) is 12.6. The number of benzene rings is 1. The first-order valence-corrected chi connectivity index (χ1v) is 7.13. The summed E-state index contributed by atoms with van der Waals surface area (Å²) in [6, 6.07) is 5.21. The molecule has 0 saturated carbocycles. The van der Waals surface area contributed by atoms with Crippen LogP contribution >= 0.6 is 0 Å². The third-order valence-electron chi connectivity index (χ3n) is 4.41. The van der Waals surface area contributed by atoms with Crippen molar-refractivity contribution < 1.29 is 19.8 Å². The van der Waals surface area contributed by atoms with Crippen molar-refractivity contribution in [3.8, 4) is 5.75 Å². The molecule has 0 spiro atoms. The van der Waals surface area contributed by atoms with Gasteiger partial charge in [-0.2, -0.15) is 0 Å². The van der Waals surface area contributed by atoms with Crippen molar-refractivity contribution in [3.05, 3.63) is 23.8 Å². The number of carboxylic acids is 1. The Kier molecular flexibility index (Phi) is 3.94. The van der Waals surface area contributed by atoms with Crippen LogP contribution in [0.2, 0.25) is 0 Å². The van der Waals surface area contributed by atoms with Crippen LogP contribution < -0.4 is 4.90 Å². The second-order valence-corrected chi connectivity index (χ2v) is 6.18. The van der Waals surface area contributed by atoms with Gasteiger partial charge in [-0.05, 0) is 29.5 Å². The van der Waals surface area contributed by atoms with Crippen molar-refractivity contribution >= 4 is 17.6 Å². The van der Waals surface area contributed by atoms with Crippen LogP contribution in [-0.2, 0) is 15.0 Å². The summed E-state index contributed by atoms with van der Waals surface area (Å²) < 4.78 is 0. The van der Waals surface area contributed by atoms with E-state index in [9.17, 15) is 14.7 Å². The largest absolute Gasteiger partial charge is 0.506 e. The summed E-state index contributed by atoms with van der Waals surface area (Å²) in [5, 5.41) is 19.1. The third kappa shape index (κ3) is 2.86. The maximum Gasteiger partial charge on any atom is 0.308 e. The first kappa shape index (κ1) is 15.4. The maximum absolute atomic E-state index is 12.0. The van der Waals surface area contributed by atoms with Gasteiger partial charge < -0.3 is 15.1 Å². The second-order valence-electron chi connectivity index (χ2n) is 6.18. The van der Waals surface area contributed by atoms with Crippen LogP contribution in [0.1, 0.15) is 39.2 Å². The summed E-state index contributed by atoms with van der Waals surface area (Å²) >= 11 is 0. The van der Waals surface area contributed by atoms with Gasteiger partial charge in [-0.3, -0.25) is 9.59 Å². The number of aromatic hydroxyl groups is 1. The first-order valence-electron chi connectivity index (χ1n) is 7.13. The van der Waals surface area contributed by atoms with Gasteiger partial charge in [0.15, 0.2) is 0 Å². The Bertz CT molecular complexity index is 580. The van der Waals surface area contributed by atoms with E-state index in [0.29, 0.717) is 5.69 Å². The number of rotatable bonds is 4. The van der Waals surface area contributed by atoms with Crippen LogP contribution in [0.15, 0.2) is 18.2 Å². The Labute approximate surface area is 124 Å². The highest BCUT2D eigenvalue weighted by molar-refractivity contribution is 6.00. The minimum atomic E-state index is -0.976. The molecule has 0 aliphatic carbocycles. The lowest BCUT2D eigenvalue weighted by Crippen LogP contribution is -2.26. The van der Waals surface area contributed by atoms with Gasteiger partial charge in [0.05, 0.1) is 11.6 Å². The van der Waals surface area contributed by atoms with Gasteiger partial charge in [-0.25, -0.2) is 0 Å². The van der Waals surface area contributed by atoms with E-state index >= 15 is 0 Å². The predicted octanol–water partition coefficient (Wildman–Crippen LogP) is 2.52. The minimum Gasteiger partial charge on any atom is -0.506 e. The highest BCUT2D eigenvalue weighted by Gasteiger charge is 2.36. The van der Waals surface area contributed by atoms with E-state index in [1.165, 1.54) is 4.90 Å². The summed E-state index contributed by atoms with van der Waals surface area (Å²) in [6.45, 7) is 6.37. The number of carbonyl (C=O) groups is 2. The Hall–Kier alpha value is -2.04. The number of hydrogen-bond acceptors (Lipinski definition) is 3. The van der Waals surface area contributed by atoms with Crippen LogP contribution in [0.5, 0.6) is 5.75 Å². The van der Waals surface area contributed by atoms with Crippen molar-refractivity contribution in [3.63, 3.8) is 0 Å². The molecule has 21 heavy (non-hydrogen) atoms. The molecule has 5 nitrogen and oxygen atoms in total. The van der Waals surface area contributed by atoms with Gasteiger partial charge in [0.2, 0.25) is 5.91 Å². The summed E-state index contributed by atoms with van der Waals surface area (Å²) in [6.07, 6.45) is 0.902. The monoisotopic (exact) mass is 291 g/mol. The third-order valence-corrected chi connectivity index (χ3v) is 4.41. The number of anilines is 1. The van der Waals surface area contributed by atoms with E-state index in [0.717, 1.165) is 12.0 Å². The van der Waals surface area contributed by atoms with Crippen molar-refractivity contribution in [1.82, 2.24) is 0 Å². The molecule has 1 fully saturated rings. The molecule has 2 rings (SSSR count). The van der Waals surface area contributed by atoms with Crippen molar-refractivity contribution in [2.45, 2.75) is 39.0 Å². The van der Waals surface area contributed by atoms with Gasteiger partial charge >= 0.3 is 5.97 Å². The van der Waals surface area contributed by atoms with E-state index in [-0.39, 0.29) is 30.0 Å². The number of phenols is 1. The van der Waals surface area contributed by atoms with Crippen LogP contribution in [0.4, 0.5) is 5.69 Å². The van der Waals surface area contributed by atoms with Gasteiger partial charge in [-0.1, -0.05) is 26.8 Å². The topological polar surface area (TPSA) is 77.8 Å². The molecule has 114 valence electrons. The molecule has 0 aromatic heterocycles. The number of hydrogen-bond donors (Lipinski definition) is 2. The molecule has 0 unspecified atom stereocenters. The average molecular weight is 291 g/mol. The molecule has 1 atom stereocenters. The fraction of sp³-hybridized carbons (Fsp3) is 0.500. The molecule has 5 heteroatoms. The lowest BCUT2D eigenvalue weighted by Gasteiger charge is -2.26. The molecule has 1 aromatic carbocycles. The highest BCUT2D eigenvalue weighted by atomic mass is 16.4. The van der Waals surface area contributed by atoms with E-state index in [1.807, 2.05) is 6.07 Å². The van der Waals surface area contributed by atoms with E-state index < -0.39 is 11.9 Å². The molecule has 1 saturated heterocycles. The number of nitrogens with zero attached hydrogens (tertiary/aromatic N) is 1. The molecule has 1 amide bonds. The van der Waals surface area contributed by atoms with Crippen LogP contribution in [0.25, 0.3) is 0 Å². The fourth-order valence-electron chi connectivity index (χ4n) is 2.47. The number of carbonyl (C=O) groups excluding carboxylic acids is 1. The Morgan fingerprint density at radius 2 is 2.10 bits per heavy atom. The quantitative estimate of drug-likeness (QED) is 0.893. The Morgan fingerprint density at radius 3 is 2.62 bits per heavy atom. The van der Waals surface area contributed by atoms with E-state index in [2.05, 4.69) is 20.8 Å². The minimum absolute atomic E-state index is 0.00467. The van der Waals surface area contributed by atoms with Gasteiger partial charge in [0, 0.05) is 13.0 Å².